The largest absolute Gasteiger partial charge is 0.534 e. The molecule has 0 bridgehead atoms. The number of fused-ring (bicyclic) bond motifs is 1. The maximum atomic E-state index is 14.0. The quantitative estimate of drug-likeness (QED) is 0.0516. The maximum Gasteiger partial charge on any atom is 0.534 e. The van der Waals surface area contributed by atoms with Gasteiger partial charge in [-0.05, 0) is 6.42 Å². The first-order valence-corrected chi connectivity index (χ1v) is 17.3. The summed E-state index contributed by atoms with van der Waals surface area (Å²) < 4.78 is 70.5. The zero-order valence-electron chi connectivity index (χ0n) is 26.1. The second-order valence-electron chi connectivity index (χ2n) is 11.4. The highest BCUT2D eigenvalue weighted by molar-refractivity contribution is 7.87. The number of aliphatic carboxylic acids is 1. The van der Waals surface area contributed by atoms with Crippen LogP contribution in [-0.4, -0.2) is 62.7 Å². The molecule has 2 atom stereocenters. The lowest BCUT2D eigenvalue weighted by Gasteiger charge is -2.49. The smallest absolute Gasteiger partial charge is 0.476 e. The summed E-state index contributed by atoms with van der Waals surface area (Å²) in [5, 5.41) is 14.1. The average Bonchev–Trinajstić information content (AvgIpc) is 3.54. The lowest BCUT2D eigenvalue weighted by atomic mass is 9.77. The van der Waals surface area contributed by atoms with Gasteiger partial charge in [-0.25, -0.2) is 4.79 Å². The second kappa shape index (κ2) is 13.6. The second-order valence-corrected chi connectivity index (χ2v) is 13.7. The zero-order chi connectivity index (χ0) is 36.6. The molecule has 1 amide bonds. The van der Waals surface area contributed by atoms with E-state index in [-0.39, 0.29) is 17.4 Å². The van der Waals surface area contributed by atoms with Gasteiger partial charge < -0.3 is 19.9 Å². The maximum absolute atomic E-state index is 14.0. The van der Waals surface area contributed by atoms with E-state index in [0.29, 0.717) is 21.6 Å². The molecule has 264 valence electrons. The van der Waals surface area contributed by atoms with Gasteiger partial charge in [0.1, 0.15) is 0 Å². The summed E-state index contributed by atoms with van der Waals surface area (Å²) in [5.74, 6) is -6.02. The lowest BCUT2D eigenvalue weighted by Crippen LogP contribution is -2.63. The molecule has 0 unspecified atom stereocenters. The van der Waals surface area contributed by atoms with Gasteiger partial charge in [0.2, 0.25) is 17.3 Å². The minimum atomic E-state index is -6.22. The standard InChI is InChI=1S/C33H26F3N5O8S2/c34-33(35,36)51(46,47)48-25-17-16-23-22(29(43)41(23)27(25)30(44)45)18-24(42)26(28-38-31(37)50-40-28)39-49-32(19-10-4-1-5-11-19,20-12-6-2-7-13-20)21-14-8-3-9-15-21/h1-15,22-23H,16-18H2,(H,44,45)(H2,37,38,40)/b39-26-/t22-,23+/m0/s1. The van der Waals surface area contributed by atoms with Crippen molar-refractivity contribution in [3.05, 3.63) is 125 Å². The van der Waals surface area contributed by atoms with Gasteiger partial charge in [0.25, 0.3) is 0 Å². The molecule has 51 heavy (non-hydrogen) atoms. The van der Waals surface area contributed by atoms with E-state index in [1.54, 1.807) is 0 Å². The van der Waals surface area contributed by atoms with Crippen LogP contribution in [0, 0.1) is 5.92 Å². The fourth-order valence-corrected chi connectivity index (χ4v) is 7.04. The van der Waals surface area contributed by atoms with E-state index >= 15 is 0 Å². The third-order valence-electron chi connectivity index (χ3n) is 8.36. The minimum absolute atomic E-state index is 0.00157. The molecule has 1 fully saturated rings. The third-order valence-corrected chi connectivity index (χ3v) is 9.89. The molecule has 6 rings (SSSR count). The molecular weight excluding hydrogens is 716 g/mol. The van der Waals surface area contributed by atoms with Crippen molar-refractivity contribution in [3.8, 4) is 0 Å². The van der Waals surface area contributed by atoms with E-state index in [1.807, 2.05) is 91.0 Å². The number of rotatable bonds is 12. The number of carbonyl (C=O) groups is 3. The third kappa shape index (κ3) is 6.54. The number of aromatic nitrogens is 2. The van der Waals surface area contributed by atoms with Crippen molar-refractivity contribution in [1.82, 2.24) is 14.3 Å². The number of nitrogens with zero attached hydrogens (tertiary/aromatic N) is 4. The van der Waals surface area contributed by atoms with Gasteiger partial charge in [0.05, 0.1) is 5.92 Å². The van der Waals surface area contributed by atoms with E-state index in [1.165, 1.54) is 0 Å². The first kappa shape index (κ1) is 35.2. The van der Waals surface area contributed by atoms with E-state index in [0.717, 1.165) is 11.5 Å². The van der Waals surface area contributed by atoms with Gasteiger partial charge in [-0.3, -0.25) is 14.5 Å². The molecule has 3 heterocycles. The number of benzene rings is 3. The molecule has 3 N–H and O–H groups in total. The van der Waals surface area contributed by atoms with E-state index in [2.05, 4.69) is 18.7 Å². The molecule has 0 radical (unpaired) electrons. The number of halogens is 3. The normalized spacial score (nSPS) is 18.1. The number of carboxylic acids is 1. The molecule has 1 saturated heterocycles. The van der Waals surface area contributed by atoms with Crippen LogP contribution in [-0.2, 0) is 39.1 Å². The summed E-state index contributed by atoms with van der Waals surface area (Å²) in [6.45, 7) is 0. The van der Waals surface area contributed by atoms with Crippen LogP contribution in [0.2, 0.25) is 0 Å². The Labute approximate surface area is 292 Å². The number of nitrogen functional groups attached to an aromatic ring is 1. The summed E-state index contributed by atoms with van der Waals surface area (Å²) in [6, 6.07) is 26.3. The first-order chi connectivity index (χ1) is 24.2. The summed E-state index contributed by atoms with van der Waals surface area (Å²) in [7, 11) is -6.22. The Morgan fingerprint density at radius 1 is 0.961 bits per heavy atom. The van der Waals surface area contributed by atoms with Gasteiger partial charge in [0, 0.05) is 47.1 Å². The molecule has 0 saturated carbocycles. The number of ketones is 1. The van der Waals surface area contributed by atoms with Crippen molar-refractivity contribution < 1.29 is 50.1 Å². The number of nitrogens with two attached hydrogens (primary N) is 1. The topological polar surface area (TPSA) is 191 Å². The summed E-state index contributed by atoms with van der Waals surface area (Å²) in [6.07, 6.45) is -1.33. The molecule has 0 spiro atoms. The SMILES string of the molecule is Nc1nc(/C(=N\OC(c2ccccc2)(c2ccccc2)c2ccccc2)C(=O)C[C@@H]2C(=O)N3C(C(=O)O)=C(OS(=O)(=O)C(F)(F)F)CC[C@H]23)ns1. The number of alkyl halides is 3. The molecule has 3 aromatic carbocycles. The van der Waals surface area contributed by atoms with E-state index in [9.17, 15) is 41.1 Å². The number of anilines is 1. The Kier molecular flexibility index (Phi) is 9.39. The van der Waals surface area contributed by atoms with E-state index in [4.69, 9.17) is 10.6 Å². The van der Waals surface area contributed by atoms with Crippen LogP contribution in [0.25, 0.3) is 0 Å². The van der Waals surface area contributed by atoms with Crippen LogP contribution in [0.5, 0.6) is 0 Å². The fourth-order valence-electron chi connectivity index (χ4n) is 6.08. The number of carboxylic acid groups (broad SMARTS) is 1. The van der Waals surface area contributed by atoms with Gasteiger partial charge in [-0.15, -0.1) is 0 Å². The fraction of sp³-hybridized carbons (Fsp3) is 0.212. The molecule has 2 aliphatic heterocycles. The Balaban J connectivity index is 1.36. The Bertz CT molecular complexity index is 2050. The van der Waals surface area contributed by atoms with E-state index < -0.39 is 80.9 Å². The number of hydrogen-bond acceptors (Lipinski definition) is 12. The summed E-state index contributed by atoms with van der Waals surface area (Å²) in [4.78, 5) is 50.6. The van der Waals surface area contributed by atoms with Gasteiger partial charge in [-0.2, -0.15) is 30.9 Å². The van der Waals surface area contributed by atoms with Crippen molar-refractivity contribution in [3.63, 3.8) is 0 Å². The molecule has 2 aliphatic rings. The van der Waals surface area contributed by atoms with Crippen molar-refractivity contribution in [2.24, 2.45) is 11.1 Å². The van der Waals surface area contributed by atoms with Crippen molar-refractivity contribution in [2.75, 3.05) is 5.73 Å². The van der Waals surface area contributed by atoms with Crippen molar-refractivity contribution in [2.45, 2.75) is 36.4 Å². The van der Waals surface area contributed by atoms with Gasteiger partial charge >= 0.3 is 21.6 Å². The Morgan fingerprint density at radius 3 is 1.94 bits per heavy atom. The molecule has 4 aromatic rings. The number of oxime groups is 1. The molecule has 18 heteroatoms. The highest BCUT2D eigenvalue weighted by Crippen LogP contribution is 2.44. The number of hydrogen-bond donors (Lipinski definition) is 2. The summed E-state index contributed by atoms with van der Waals surface area (Å²) in [5.41, 5.74) is -0.928. The van der Waals surface area contributed by atoms with Crippen LogP contribution >= 0.6 is 11.5 Å². The number of β-lactam (4-membered cyclic amide) rings is 1. The molecule has 1 aromatic heterocycles. The van der Waals surface area contributed by atoms with Gasteiger partial charge in [0.15, 0.2) is 28.1 Å². The number of carbonyl (C=O) groups excluding carboxylic acids is 2. The van der Waals surface area contributed by atoms with Crippen molar-refractivity contribution >= 4 is 50.2 Å². The minimum Gasteiger partial charge on any atom is -0.476 e. The number of Topliss-reactive ketones (excluding diaryl/α,β-unsaturated/α-hetero) is 1. The predicted molar refractivity (Wildman–Crippen MR) is 175 cm³/mol. The van der Waals surface area contributed by atoms with Crippen LogP contribution in [0.15, 0.2) is 108 Å². The van der Waals surface area contributed by atoms with Crippen LogP contribution in [0.1, 0.15) is 41.8 Å². The molecule has 0 aliphatic carbocycles. The van der Waals surface area contributed by atoms with Crippen LogP contribution in [0.4, 0.5) is 18.3 Å². The van der Waals surface area contributed by atoms with Crippen molar-refractivity contribution in [1.29, 1.82) is 0 Å². The van der Waals surface area contributed by atoms with Crippen LogP contribution in [0.3, 0.4) is 0 Å². The Morgan fingerprint density at radius 2 is 1.49 bits per heavy atom. The number of amides is 1. The highest BCUT2D eigenvalue weighted by Gasteiger charge is 2.56. The zero-order valence-corrected chi connectivity index (χ0v) is 27.7. The highest BCUT2D eigenvalue weighted by atomic mass is 32.2. The summed E-state index contributed by atoms with van der Waals surface area (Å²) >= 11 is 0.778. The molecule has 13 nitrogen and oxygen atoms in total. The van der Waals surface area contributed by atoms with Crippen LogP contribution < -0.4 is 5.73 Å². The number of allylic oxidation sites excluding steroid dienone is 1. The monoisotopic (exact) mass is 741 g/mol. The predicted octanol–water partition coefficient (Wildman–Crippen LogP) is 4.58. The first-order valence-electron chi connectivity index (χ1n) is 15.1. The average molecular weight is 742 g/mol. The van der Waals surface area contributed by atoms with Gasteiger partial charge in [-0.1, -0.05) is 96.2 Å². The lowest BCUT2D eigenvalue weighted by molar-refractivity contribution is -0.160. The molecular formula is C33H26F3N5O8S2. The Hall–Kier alpha value is -5.62.